The van der Waals surface area contributed by atoms with E-state index in [4.69, 9.17) is 0 Å². The van der Waals surface area contributed by atoms with Crippen molar-refractivity contribution in [1.82, 2.24) is 4.90 Å². The first kappa shape index (κ1) is 28.3. The van der Waals surface area contributed by atoms with Crippen molar-refractivity contribution in [3.8, 4) is 5.75 Å². The minimum absolute atomic E-state index is 0.0245. The molecule has 2 aromatic rings. The number of rotatable bonds is 8. The molecule has 6 nitrogen and oxygen atoms in total. The number of hydrogen-bond acceptors (Lipinski definition) is 5. The van der Waals surface area contributed by atoms with Gasteiger partial charge in [-0.15, -0.1) is 0 Å². The Morgan fingerprint density at radius 1 is 1.08 bits per heavy atom. The van der Waals surface area contributed by atoms with Gasteiger partial charge >= 0.3 is 12.3 Å². The molecule has 12 heteroatoms. The van der Waals surface area contributed by atoms with E-state index in [1.165, 1.54) is 29.2 Å². The van der Waals surface area contributed by atoms with E-state index in [9.17, 15) is 40.3 Å². The molecule has 1 saturated heterocycles. The van der Waals surface area contributed by atoms with Crippen LogP contribution in [0.3, 0.4) is 0 Å². The summed E-state index contributed by atoms with van der Waals surface area (Å²) in [4.78, 5) is 13.9. The number of para-hydroxylation sites is 1. The molecule has 1 saturated carbocycles. The monoisotopic (exact) mass is 561 g/mol. The maximum Gasteiger partial charge on any atom is 0.416 e. The molecule has 2 aliphatic rings. The number of carbonyl (C=O) groups excluding carboxylic acids is 1. The van der Waals surface area contributed by atoms with Gasteiger partial charge in [0.2, 0.25) is 0 Å². The van der Waals surface area contributed by atoms with Crippen molar-refractivity contribution >= 4 is 15.7 Å². The molecule has 0 spiro atoms. The van der Waals surface area contributed by atoms with E-state index in [0.29, 0.717) is 13.0 Å². The second-order valence-electron chi connectivity index (χ2n) is 9.97. The number of piperidine rings is 1. The first-order chi connectivity index (χ1) is 17.7. The van der Waals surface area contributed by atoms with E-state index >= 15 is 0 Å². The van der Waals surface area contributed by atoms with Gasteiger partial charge in [0.15, 0.2) is 9.84 Å². The van der Waals surface area contributed by atoms with Gasteiger partial charge in [-0.25, -0.2) is 8.42 Å². The molecule has 1 heterocycles. The number of ether oxygens (including phenoxy) is 1. The number of hydrogen-bond donors (Lipinski definition) is 1. The highest BCUT2D eigenvalue weighted by atomic mass is 32.2. The predicted octanol–water partition coefficient (Wildman–Crippen LogP) is 5.16. The summed E-state index contributed by atoms with van der Waals surface area (Å²) in [5, 5.41) is 9.86. The molecule has 1 aliphatic carbocycles. The molecule has 2 fully saturated rings. The van der Waals surface area contributed by atoms with Crippen LogP contribution in [0.4, 0.5) is 22.0 Å². The van der Waals surface area contributed by atoms with Crippen LogP contribution in [-0.2, 0) is 16.0 Å². The van der Waals surface area contributed by atoms with Crippen LogP contribution in [0.5, 0.6) is 5.75 Å². The van der Waals surface area contributed by atoms with Crippen LogP contribution in [0.2, 0.25) is 0 Å². The lowest BCUT2D eigenvalue weighted by Gasteiger charge is -2.39. The molecule has 1 amide bonds. The van der Waals surface area contributed by atoms with E-state index < -0.39 is 55.8 Å². The van der Waals surface area contributed by atoms with Gasteiger partial charge < -0.3 is 14.7 Å². The molecule has 2 aromatic carbocycles. The third-order valence-electron chi connectivity index (χ3n) is 6.96. The number of aliphatic hydroxyl groups is 1. The Labute approximate surface area is 217 Å². The smallest absolute Gasteiger partial charge is 0.416 e. The SMILES string of the molecule is CC(F)(F)Oc1ccccc1C(=O)N1CC[C@H](C(CC2CC2)S(=O)(=O)c2cccc(C(F)(F)F)c2)[C@@H](O)C1. The van der Waals surface area contributed by atoms with Crippen molar-refractivity contribution in [2.45, 2.75) is 61.1 Å². The molecule has 4 rings (SSSR count). The highest BCUT2D eigenvalue weighted by molar-refractivity contribution is 7.92. The molecule has 1 N–H and O–H groups in total. The third-order valence-corrected chi connectivity index (χ3v) is 9.21. The average molecular weight is 562 g/mol. The maximum atomic E-state index is 13.6. The number of carbonyl (C=O) groups is 1. The molecule has 1 unspecified atom stereocenters. The second-order valence-corrected chi connectivity index (χ2v) is 12.1. The Morgan fingerprint density at radius 2 is 1.76 bits per heavy atom. The van der Waals surface area contributed by atoms with Gasteiger partial charge in [-0.3, -0.25) is 4.79 Å². The molecular weight excluding hydrogens is 533 g/mol. The largest absolute Gasteiger partial charge is 0.432 e. The summed E-state index contributed by atoms with van der Waals surface area (Å²) < 4.78 is 98.4. The average Bonchev–Trinajstić information content (AvgIpc) is 3.65. The van der Waals surface area contributed by atoms with Crippen molar-refractivity contribution in [2.75, 3.05) is 13.1 Å². The minimum Gasteiger partial charge on any atom is -0.432 e. The van der Waals surface area contributed by atoms with Crippen LogP contribution < -0.4 is 4.74 Å². The summed E-state index contributed by atoms with van der Waals surface area (Å²) >= 11 is 0. The van der Waals surface area contributed by atoms with Crippen molar-refractivity contribution in [3.63, 3.8) is 0 Å². The number of β-amino-alcohol motifs (C(OH)–C–C–N with tert-alkyl or cyclic N) is 1. The van der Waals surface area contributed by atoms with Crippen LogP contribution in [0.1, 0.15) is 48.5 Å². The lowest BCUT2D eigenvalue weighted by molar-refractivity contribution is -0.159. The lowest BCUT2D eigenvalue weighted by atomic mass is 9.88. The van der Waals surface area contributed by atoms with Gasteiger partial charge in [0.1, 0.15) is 5.75 Å². The van der Waals surface area contributed by atoms with Crippen molar-refractivity contribution in [1.29, 1.82) is 0 Å². The van der Waals surface area contributed by atoms with Gasteiger partial charge in [-0.2, -0.15) is 22.0 Å². The van der Waals surface area contributed by atoms with Gasteiger partial charge in [0.05, 0.1) is 27.4 Å². The van der Waals surface area contributed by atoms with E-state index in [0.717, 1.165) is 31.0 Å². The quantitative estimate of drug-likeness (QED) is 0.450. The molecule has 0 radical (unpaired) electrons. The number of likely N-dealkylation sites (tertiary alicyclic amines) is 1. The van der Waals surface area contributed by atoms with Crippen molar-refractivity contribution in [2.24, 2.45) is 11.8 Å². The van der Waals surface area contributed by atoms with Gasteiger partial charge in [-0.05, 0) is 49.1 Å². The molecule has 1 aliphatic heterocycles. The van der Waals surface area contributed by atoms with Gasteiger partial charge in [-0.1, -0.05) is 31.0 Å². The van der Waals surface area contributed by atoms with E-state index in [1.54, 1.807) is 0 Å². The minimum atomic E-state index is -4.72. The fourth-order valence-electron chi connectivity index (χ4n) is 4.90. The van der Waals surface area contributed by atoms with Crippen LogP contribution in [0, 0.1) is 11.8 Å². The predicted molar refractivity (Wildman–Crippen MR) is 127 cm³/mol. The fourth-order valence-corrected chi connectivity index (χ4v) is 7.11. The number of alkyl halides is 5. The normalized spacial score (nSPS) is 21.7. The van der Waals surface area contributed by atoms with Crippen LogP contribution >= 0.6 is 0 Å². The van der Waals surface area contributed by atoms with Crippen molar-refractivity contribution < 1.29 is 45.0 Å². The zero-order chi connectivity index (χ0) is 27.9. The summed E-state index contributed by atoms with van der Waals surface area (Å²) in [6.45, 7) is 0.296. The molecular formula is C26H28F5NO5S. The Balaban J connectivity index is 1.56. The molecule has 208 valence electrons. The number of nitrogens with zero attached hydrogens (tertiary/aromatic N) is 1. The highest BCUT2D eigenvalue weighted by Gasteiger charge is 2.45. The molecule has 0 bridgehead atoms. The number of amides is 1. The number of halogens is 5. The number of sulfone groups is 1. The van der Waals surface area contributed by atoms with E-state index in [2.05, 4.69) is 4.74 Å². The Kier molecular flexibility index (Phi) is 7.77. The second kappa shape index (κ2) is 10.4. The fraction of sp³-hybridized carbons (Fsp3) is 0.500. The van der Waals surface area contributed by atoms with Crippen LogP contribution in [0.25, 0.3) is 0 Å². The third kappa shape index (κ3) is 6.45. The van der Waals surface area contributed by atoms with Gasteiger partial charge in [0.25, 0.3) is 5.91 Å². The summed E-state index contributed by atoms with van der Waals surface area (Å²) in [7, 11) is -4.26. The van der Waals surface area contributed by atoms with E-state index in [1.807, 2.05) is 0 Å². The maximum absolute atomic E-state index is 13.6. The summed E-state index contributed by atoms with van der Waals surface area (Å²) in [6, 6.07) is 9.02. The zero-order valence-electron chi connectivity index (χ0n) is 20.5. The highest BCUT2D eigenvalue weighted by Crippen LogP contribution is 2.42. The van der Waals surface area contributed by atoms with Crippen LogP contribution in [-0.4, -0.2) is 54.9 Å². The van der Waals surface area contributed by atoms with Crippen LogP contribution in [0.15, 0.2) is 53.4 Å². The first-order valence-electron chi connectivity index (χ1n) is 12.2. The van der Waals surface area contributed by atoms with Gasteiger partial charge in [0, 0.05) is 25.9 Å². The van der Waals surface area contributed by atoms with Crippen molar-refractivity contribution in [3.05, 3.63) is 59.7 Å². The Morgan fingerprint density at radius 3 is 2.37 bits per heavy atom. The molecule has 38 heavy (non-hydrogen) atoms. The topological polar surface area (TPSA) is 83.9 Å². The van der Waals surface area contributed by atoms with E-state index in [-0.39, 0.29) is 43.2 Å². The molecule has 0 aromatic heterocycles. The Bertz CT molecular complexity index is 1270. The number of benzene rings is 2. The lowest BCUT2D eigenvalue weighted by Crippen LogP contribution is -2.51. The first-order valence-corrected chi connectivity index (χ1v) is 13.8. The zero-order valence-corrected chi connectivity index (χ0v) is 21.3. The molecule has 3 atom stereocenters. The Hall–Kier alpha value is -2.73. The summed E-state index contributed by atoms with van der Waals surface area (Å²) in [5.74, 6) is -1.74. The summed E-state index contributed by atoms with van der Waals surface area (Å²) in [5.41, 5.74) is -1.21. The number of aliphatic hydroxyl groups excluding tert-OH is 1. The summed E-state index contributed by atoms with van der Waals surface area (Å²) in [6.07, 6.45) is -7.70. The standard InChI is InChI=1S/C26H28F5NO5S/c1-25(27,28)37-22-8-3-2-7-20(22)24(34)32-12-11-19(21(33)15-32)23(13-16-9-10-16)38(35,36)18-6-4-5-17(14-18)26(29,30)31/h2-8,14,16,19,21,23,33H,9-13,15H2,1H3/t19-,21-,23?/m0/s1.